The van der Waals surface area contributed by atoms with Crippen LogP contribution in [-0.4, -0.2) is 41.1 Å². The highest BCUT2D eigenvalue weighted by atomic mass is 32.2. The van der Waals surface area contributed by atoms with Crippen molar-refractivity contribution in [3.05, 3.63) is 59.7 Å². The standard InChI is InChI=1S/C21H26N2O3S/c1-27(24)22-18-10-12-23(13-11-18)14-16-6-8-17(9-7-16)21-15-25-19-4-2-3-5-20(19)26-21/h2-9,18,21-22H,10-15H2,1H3. The average molecular weight is 387 g/mol. The van der Waals surface area contributed by atoms with E-state index in [1.165, 1.54) is 5.56 Å². The number of piperidine rings is 1. The Kier molecular flexibility index (Phi) is 5.76. The maximum atomic E-state index is 11.3. The van der Waals surface area contributed by atoms with Crippen LogP contribution in [0, 0.1) is 0 Å². The number of para-hydroxylation sites is 2. The van der Waals surface area contributed by atoms with Crippen LogP contribution >= 0.6 is 0 Å². The third kappa shape index (κ3) is 4.69. The van der Waals surface area contributed by atoms with Crippen LogP contribution in [0.3, 0.4) is 0 Å². The van der Waals surface area contributed by atoms with E-state index in [4.69, 9.17) is 9.47 Å². The molecule has 2 atom stereocenters. The highest BCUT2D eigenvalue weighted by Crippen LogP contribution is 2.35. The maximum absolute atomic E-state index is 11.3. The van der Waals surface area contributed by atoms with Crippen molar-refractivity contribution >= 4 is 11.0 Å². The Morgan fingerprint density at radius 3 is 2.48 bits per heavy atom. The summed E-state index contributed by atoms with van der Waals surface area (Å²) in [6.07, 6.45) is 3.73. The largest absolute Gasteiger partial charge is 0.485 e. The second-order valence-electron chi connectivity index (χ2n) is 7.23. The Morgan fingerprint density at radius 1 is 1.07 bits per heavy atom. The molecule has 6 heteroatoms. The second-order valence-corrected chi connectivity index (χ2v) is 8.37. The van der Waals surface area contributed by atoms with Gasteiger partial charge in [-0.1, -0.05) is 36.4 Å². The Bertz CT molecular complexity index is 788. The molecule has 2 aliphatic rings. The molecule has 1 saturated heterocycles. The summed E-state index contributed by atoms with van der Waals surface area (Å²) in [7, 11) is -0.922. The highest BCUT2D eigenvalue weighted by molar-refractivity contribution is 7.82. The van der Waals surface area contributed by atoms with Gasteiger partial charge in [0.1, 0.15) is 6.61 Å². The predicted molar refractivity (Wildman–Crippen MR) is 107 cm³/mol. The third-order valence-corrected chi connectivity index (χ3v) is 5.85. The van der Waals surface area contributed by atoms with Gasteiger partial charge in [-0.25, -0.2) is 8.93 Å². The van der Waals surface area contributed by atoms with Crippen LogP contribution in [-0.2, 0) is 17.5 Å². The zero-order chi connectivity index (χ0) is 18.6. The Morgan fingerprint density at radius 2 is 1.78 bits per heavy atom. The number of fused-ring (bicyclic) bond motifs is 1. The maximum Gasteiger partial charge on any atom is 0.162 e. The number of nitrogens with zero attached hydrogens (tertiary/aromatic N) is 1. The summed E-state index contributed by atoms with van der Waals surface area (Å²) < 4.78 is 26.3. The van der Waals surface area contributed by atoms with Crippen molar-refractivity contribution < 1.29 is 13.7 Å². The van der Waals surface area contributed by atoms with Gasteiger partial charge in [-0.3, -0.25) is 4.90 Å². The summed E-state index contributed by atoms with van der Waals surface area (Å²) in [4.78, 5) is 2.46. The van der Waals surface area contributed by atoms with Gasteiger partial charge in [-0.05, 0) is 36.1 Å². The normalized spacial score (nSPS) is 21.7. The first-order valence-electron chi connectivity index (χ1n) is 9.46. The Balaban J connectivity index is 1.32. The van der Waals surface area contributed by atoms with E-state index in [0.29, 0.717) is 12.6 Å². The molecular weight excluding hydrogens is 360 g/mol. The fraction of sp³-hybridized carbons (Fsp3) is 0.429. The first-order valence-corrected chi connectivity index (χ1v) is 11.0. The second kappa shape index (κ2) is 8.42. The third-order valence-electron chi connectivity index (χ3n) is 5.19. The molecule has 0 aliphatic carbocycles. The molecule has 27 heavy (non-hydrogen) atoms. The van der Waals surface area contributed by atoms with Crippen molar-refractivity contribution in [1.29, 1.82) is 0 Å². The summed E-state index contributed by atoms with van der Waals surface area (Å²) in [6.45, 7) is 3.56. The van der Waals surface area contributed by atoms with Crippen LogP contribution < -0.4 is 14.2 Å². The van der Waals surface area contributed by atoms with E-state index in [-0.39, 0.29) is 6.10 Å². The van der Waals surface area contributed by atoms with Crippen molar-refractivity contribution in [3.8, 4) is 11.5 Å². The summed E-state index contributed by atoms with van der Waals surface area (Å²) in [5.74, 6) is 1.62. The molecule has 4 rings (SSSR count). The van der Waals surface area contributed by atoms with Gasteiger partial charge in [0.15, 0.2) is 17.6 Å². The Labute approximate surface area is 163 Å². The van der Waals surface area contributed by atoms with Crippen molar-refractivity contribution in [2.45, 2.75) is 31.5 Å². The molecule has 2 heterocycles. The van der Waals surface area contributed by atoms with Crippen molar-refractivity contribution in [2.24, 2.45) is 0 Å². The van der Waals surface area contributed by atoms with Crippen LogP contribution in [0.5, 0.6) is 11.5 Å². The first kappa shape index (κ1) is 18.5. The molecule has 5 nitrogen and oxygen atoms in total. The molecule has 0 aromatic heterocycles. The van der Waals surface area contributed by atoms with Crippen LogP contribution in [0.1, 0.15) is 30.1 Å². The molecule has 2 unspecified atom stereocenters. The molecule has 2 aromatic carbocycles. The van der Waals surface area contributed by atoms with Crippen molar-refractivity contribution in [2.75, 3.05) is 26.0 Å². The van der Waals surface area contributed by atoms with Crippen LogP contribution in [0.25, 0.3) is 0 Å². The van der Waals surface area contributed by atoms with E-state index in [0.717, 1.165) is 49.5 Å². The fourth-order valence-corrected chi connectivity index (χ4v) is 4.43. The van der Waals surface area contributed by atoms with Crippen LogP contribution in [0.2, 0.25) is 0 Å². The number of benzene rings is 2. The van der Waals surface area contributed by atoms with E-state index in [1.807, 2.05) is 24.3 Å². The van der Waals surface area contributed by atoms with Crippen molar-refractivity contribution in [3.63, 3.8) is 0 Å². The van der Waals surface area contributed by atoms with Gasteiger partial charge in [0, 0.05) is 31.9 Å². The van der Waals surface area contributed by atoms with Gasteiger partial charge in [0.05, 0.1) is 11.0 Å². The fourth-order valence-electron chi connectivity index (χ4n) is 3.72. The lowest BCUT2D eigenvalue weighted by molar-refractivity contribution is 0.0912. The van der Waals surface area contributed by atoms with E-state index in [2.05, 4.69) is 33.9 Å². The molecule has 0 bridgehead atoms. The minimum absolute atomic E-state index is 0.0642. The molecule has 144 valence electrons. The topological polar surface area (TPSA) is 50.8 Å². The van der Waals surface area contributed by atoms with Gasteiger partial charge in [0.2, 0.25) is 0 Å². The van der Waals surface area contributed by atoms with Gasteiger partial charge in [-0.2, -0.15) is 0 Å². The SMILES string of the molecule is CS(=O)NC1CCN(Cc2ccc(C3COc4ccccc4O3)cc2)CC1. The average Bonchev–Trinajstić information content (AvgIpc) is 2.69. The lowest BCUT2D eigenvalue weighted by Crippen LogP contribution is -2.42. The molecule has 1 fully saturated rings. The number of rotatable bonds is 5. The number of likely N-dealkylation sites (tertiary alicyclic amines) is 1. The minimum Gasteiger partial charge on any atom is -0.485 e. The summed E-state index contributed by atoms with van der Waals surface area (Å²) in [6, 6.07) is 16.8. The monoisotopic (exact) mass is 386 g/mol. The van der Waals surface area contributed by atoms with Crippen molar-refractivity contribution in [1.82, 2.24) is 9.62 Å². The minimum atomic E-state index is -0.922. The summed E-state index contributed by atoms with van der Waals surface area (Å²) in [5, 5.41) is 0. The molecule has 0 amide bonds. The highest BCUT2D eigenvalue weighted by Gasteiger charge is 2.23. The summed E-state index contributed by atoms with van der Waals surface area (Å²) >= 11 is 0. The van der Waals surface area contributed by atoms with Gasteiger partial charge < -0.3 is 9.47 Å². The molecule has 2 aliphatic heterocycles. The van der Waals surface area contributed by atoms with E-state index in [9.17, 15) is 4.21 Å². The number of ether oxygens (including phenoxy) is 2. The van der Waals surface area contributed by atoms with Gasteiger partial charge in [-0.15, -0.1) is 0 Å². The summed E-state index contributed by atoms with van der Waals surface area (Å²) in [5.41, 5.74) is 2.45. The van der Waals surface area contributed by atoms with Crippen LogP contribution in [0.15, 0.2) is 48.5 Å². The number of nitrogens with one attached hydrogen (secondary N) is 1. The van der Waals surface area contributed by atoms with E-state index >= 15 is 0 Å². The van der Waals surface area contributed by atoms with E-state index < -0.39 is 11.0 Å². The zero-order valence-corrected chi connectivity index (χ0v) is 16.4. The first-order chi connectivity index (χ1) is 13.2. The lowest BCUT2D eigenvalue weighted by Gasteiger charge is -2.32. The van der Waals surface area contributed by atoms with E-state index in [1.54, 1.807) is 6.26 Å². The number of hydrogen-bond donors (Lipinski definition) is 1. The molecular formula is C21H26N2O3S. The molecule has 0 radical (unpaired) electrons. The van der Waals surface area contributed by atoms with Gasteiger partial charge in [0.25, 0.3) is 0 Å². The predicted octanol–water partition coefficient (Wildman–Crippen LogP) is 3.05. The molecule has 0 spiro atoms. The van der Waals surface area contributed by atoms with Gasteiger partial charge >= 0.3 is 0 Å². The molecule has 2 aromatic rings. The number of hydrogen-bond acceptors (Lipinski definition) is 4. The molecule has 1 N–H and O–H groups in total. The lowest BCUT2D eigenvalue weighted by atomic mass is 10.0. The zero-order valence-electron chi connectivity index (χ0n) is 15.6. The smallest absolute Gasteiger partial charge is 0.162 e. The quantitative estimate of drug-likeness (QED) is 0.858. The Hall–Kier alpha value is -1.89. The molecule has 0 saturated carbocycles. The van der Waals surface area contributed by atoms with Crippen LogP contribution in [0.4, 0.5) is 0 Å².